The van der Waals surface area contributed by atoms with Gasteiger partial charge in [-0.05, 0) is 43.3 Å². The van der Waals surface area contributed by atoms with Gasteiger partial charge in [0.1, 0.15) is 11.0 Å². The van der Waals surface area contributed by atoms with Crippen LogP contribution < -0.4 is 5.32 Å². The first kappa shape index (κ1) is 17.2. The van der Waals surface area contributed by atoms with E-state index in [0.717, 1.165) is 28.1 Å². The predicted octanol–water partition coefficient (Wildman–Crippen LogP) is 3.84. The molecule has 1 saturated heterocycles. The van der Waals surface area contributed by atoms with Crippen LogP contribution in [0.15, 0.2) is 41.8 Å². The van der Waals surface area contributed by atoms with E-state index in [1.807, 2.05) is 34.5 Å². The monoisotopic (exact) mass is 385 g/mol. The molecule has 26 heavy (non-hydrogen) atoms. The summed E-state index contributed by atoms with van der Waals surface area (Å²) < 4.78 is 1.14. The zero-order chi connectivity index (χ0) is 18.1. The summed E-state index contributed by atoms with van der Waals surface area (Å²) in [4.78, 5) is 32.4. The Kier molecular flexibility index (Phi) is 4.74. The summed E-state index contributed by atoms with van der Waals surface area (Å²) in [7, 11) is 0. The summed E-state index contributed by atoms with van der Waals surface area (Å²) >= 11 is 3.02. The van der Waals surface area contributed by atoms with E-state index < -0.39 is 6.04 Å². The van der Waals surface area contributed by atoms with E-state index in [9.17, 15) is 9.59 Å². The van der Waals surface area contributed by atoms with Crippen LogP contribution in [0.25, 0.3) is 10.2 Å². The normalized spacial score (nSPS) is 18.2. The molecule has 1 fully saturated rings. The quantitative estimate of drug-likeness (QED) is 0.742. The number of thiazole rings is 1. The molecule has 2 aromatic heterocycles. The van der Waals surface area contributed by atoms with Crippen LogP contribution >= 0.6 is 22.7 Å². The molecule has 5 nitrogen and oxygen atoms in total. The van der Waals surface area contributed by atoms with Gasteiger partial charge in [0.2, 0.25) is 5.91 Å². The van der Waals surface area contributed by atoms with Gasteiger partial charge in [0, 0.05) is 6.54 Å². The first-order valence-electron chi connectivity index (χ1n) is 8.64. The number of fused-ring (bicyclic) bond motifs is 1. The number of para-hydroxylation sites is 1. The smallest absolute Gasteiger partial charge is 0.261 e. The summed E-state index contributed by atoms with van der Waals surface area (Å²) in [5.74, 6) is -0.242. The Morgan fingerprint density at radius 2 is 2.12 bits per heavy atom. The number of benzene rings is 1. The van der Waals surface area contributed by atoms with Crippen LogP contribution in [0.3, 0.4) is 0 Å². The van der Waals surface area contributed by atoms with Gasteiger partial charge < -0.3 is 10.2 Å². The molecule has 7 heteroatoms. The Hall–Kier alpha value is -2.25. The van der Waals surface area contributed by atoms with Crippen LogP contribution in [0.5, 0.6) is 0 Å². The van der Waals surface area contributed by atoms with Crippen molar-refractivity contribution in [2.75, 3.05) is 6.54 Å². The van der Waals surface area contributed by atoms with Crippen LogP contribution in [0, 0.1) is 0 Å². The van der Waals surface area contributed by atoms with Crippen molar-refractivity contribution in [3.05, 3.63) is 51.7 Å². The lowest BCUT2D eigenvalue weighted by molar-refractivity contribution is -0.133. The molecule has 1 N–H and O–H groups in total. The van der Waals surface area contributed by atoms with Gasteiger partial charge in [-0.2, -0.15) is 0 Å². The van der Waals surface area contributed by atoms with Gasteiger partial charge in [0.05, 0.1) is 21.1 Å². The van der Waals surface area contributed by atoms with Gasteiger partial charge in [-0.15, -0.1) is 22.7 Å². The fraction of sp³-hybridized carbons (Fsp3) is 0.316. The van der Waals surface area contributed by atoms with Crippen molar-refractivity contribution in [3.8, 4) is 0 Å². The van der Waals surface area contributed by atoms with Gasteiger partial charge in [-0.1, -0.05) is 18.2 Å². The summed E-state index contributed by atoms with van der Waals surface area (Å²) in [5, 5.41) is 5.65. The third-order valence-electron chi connectivity index (χ3n) is 4.59. The number of aromatic nitrogens is 1. The second-order valence-corrected chi connectivity index (χ2v) is 8.39. The van der Waals surface area contributed by atoms with E-state index >= 15 is 0 Å². The molecular weight excluding hydrogens is 366 g/mol. The fourth-order valence-corrected chi connectivity index (χ4v) is 5.05. The molecule has 0 saturated carbocycles. The molecule has 1 aliphatic rings. The van der Waals surface area contributed by atoms with Crippen molar-refractivity contribution in [2.45, 2.75) is 31.8 Å². The second-order valence-electron chi connectivity index (χ2n) is 6.38. The lowest BCUT2D eigenvalue weighted by Crippen LogP contribution is -2.46. The number of carbonyl (C=O) groups is 2. The number of likely N-dealkylation sites (tertiary alicyclic amines) is 1. The molecule has 0 unspecified atom stereocenters. The number of carbonyl (C=O) groups excluding carboxylic acids is 2. The highest BCUT2D eigenvalue weighted by Crippen LogP contribution is 2.36. The molecule has 2 amide bonds. The third kappa shape index (κ3) is 3.24. The molecule has 3 heterocycles. The van der Waals surface area contributed by atoms with E-state index in [1.165, 1.54) is 11.3 Å². The van der Waals surface area contributed by atoms with E-state index in [1.54, 1.807) is 24.3 Å². The molecule has 0 aliphatic carbocycles. The molecule has 1 aliphatic heterocycles. The Bertz CT molecular complexity index is 902. The Balaban J connectivity index is 1.50. The minimum Gasteiger partial charge on any atom is -0.340 e. The van der Waals surface area contributed by atoms with E-state index in [2.05, 4.69) is 11.4 Å². The minimum atomic E-state index is -0.556. The first-order chi connectivity index (χ1) is 12.6. The SMILES string of the molecule is C[C@@H](NC(=O)c1cccs1)C(=O)N1CCC[C@H]1c1nc2ccccc2s1. The number of thiophene rings is 1. The Labute approximate surface area is 159 Å². The molecule has 0 spiro atoms. The molecule has 3 aromatic rings. The maximum Gasteiger partial charge on any atom is 0.261 e. The molecule has 1 aromatic carbocycles. The molecule has 0 bridgehead atoms. The third-order valence-corrected chi connectivity index (χ3v) is 6.60. The molecular formula is C19H19N3O2S2. The first-order valence-corrected chi connectivity index (χ1v) is 10.3. The number of nitrogens with zero attached hydrogens (tertiary/aromatic N) is 2. The van der Waals surface area contributed by atoms with Gasteiger partial charge in [0.15, 0.2) is 0 Å². The molecule has 2 atom stereocenters. The van der Waals surface area contributed by atoms with Crippen LogP contribution in [0.1, 0.15) is 40.5 Å². The van der Waals surface area contributed by atoms with Crippen LogP contribution in [0.4, 0.5) is 0 Å². The Morgan fingerprint density at radius 1 is 1.27 bits per heavy atom. The largest absolute Gasteiger partial charge is 0.340 e. The summed E-state index contributed by atoms with van der Waals surface area (Å²) in [6, 6.07) is 11.1. The lowest BCUT2D eigenvalue weighted by Gasteiger charge is -2.26. The van der Waals surface area contributed by atoms with Crippen molar-refractivity contribution < 1.29 is 9.59 Å². The van der Waals surface area contributed by atoms with Gasteiger partial charge in [0.25, 0.3) is 5.91 Å². The maximum atomic E-state index is 12.9. The number of nitrogens with one attached hydrogen (secondary N) is 1. The molecule has 0 radical (unpaired) electrons. The highest BCUT2D eigenvalue weighted by atomic mass is 32.1. The zero-order valence-electron chi connectivity index (χ0n) is 14.3. The Morgan fingerprint density at radius 3 is 2.88 bits per heavy atom. The topological polar surface area (TPSA) is 62.3 Å². The van der Waals surface area contributed by atoms with Crippen LogP contribution in [-0.4, -0.2) is 34.3 Å². The van der Waals surface area contributed by atoms with Crippen LogP contribution in [-0.2, 0) is 4.79 Å². The lowest BCUT2D eigenvalue weighted by atomic mass is 10.2. The van der Waals surface area contributed by atoms with Gasteiger partial charge in [-0.3, -0.25) is 9.59 Å². The average molecular weight is 386 g/mol. The zero-order valence-corrected chi connectivity index (χ0v) is 16.0. The number of amides is 2. The summed E-state index contributed by atoms with van der Waals surface area (Å²) in [5.41, 5.74) is 0.978. The second kappa shape index (κ2) is 7.17. The highest BCUT2D eigenvalue weighted by Gasteiger charge is 2.34. The number of rotatable bonds is 4. The maximum absolute atomic E-state index is 12.9. The number of hydrogen-bond acceptors (Lipinski definition) is 5. The van der Waals surface area contributed by atoms with Crippen molar-refractivity contribution in [3.63, 3.8) is 0 Å². The van der Waals surface area contributed by atoms with E-state index in [4.69, 9.17) is 4.98 Å². The standard InChI is InChI=1S/C19H19N3O2S2/c1-12(20-17(23)16-9-5-11-25-16)19(24)22-10-4-7-14(22)18-21-13-6-2-3-8-15(13)26-18/h2-3,5-6,8-9,11-12,14H,4,7,10H2,1H3,(H,20,23)/t12-,14+/m1/s1. The predicted molar refractivity (Wildman–Crippen MR) is 105 cm³/mol. The van der Waals surface area contributed by atoms with E-state index in [0.29, 0.717) is 11.4 Å². The fourth-order valence-electron chi connectivity index (χ4n) is 3.31. The van der Waals surface area contributed by atoms with Crippen LogP contribution in [0.2, 0.25) is 0 Å². The highest BCUT2D eigenvalue weighted by molar-refractivity contribution is 7.18. The molecule has 4 rings (SSSR count). The van der Waals surface area contributed by atoms with Crippen molar-refractivity contribution >= 4 is 44.7 Å². The minimum absolute atomic E-state index is 0.000917. The van der Waals surface area contributed by atoms with Crippen molar-refractivity contribution in [1.29, 1.82) is 0 Å². The van der Waals surface area contributed by atoms with Gasteiger partial charge >= 0.3 is 0 Å². The molecule has 134 valence electrons. The summed E-state index contributed by atoms with van der Waals surface area (Å²) in [6.07, 6.45) is 1.87. The van der Waals surface area contributed by atoms with Crippen molar-refractivity contribution in [1.82, 2.24) is 15.2 Å². The van der Waals surface area contributed by atoms with E-state index in [-0.39, 0.29) is 17.9 Å². The van der Waals surface area contributed by atoms with Crippen molar-refractivity contribution in [2.24, 2.45) is 0 Å². The van der Waals surface area contributed by atoms with Gasteiger partial charge in [-0.25, -0.2) is 4.98 Å². The number of hydrogen-bond donors (Lipinski definition) is 1. The average Bonchev–Trinajstić information content (AvgIpc) is 3.40. The summed E-state index contributed by atoms with van der Waals surface area (Å²) in [6.45, 7) is 2.46.